The van der Waals surface area contributed by atoms with Gasteiger partial charge in [-0.25, -0.2) is 0 Å². The molecule has 3 aromatic carbocycles. The van der Waals surface area contributed by atoms with Crippen molar-refractivity contribution in [1.82, 2.24) is 0 Å². The van der Waals surface area contributed by atoms with E-state index >= 15 is 0 Å². The summed E-state index contributed by atoms with van der Waals surface area (Å²) in [7, 11) is 1.75. The molecule has 1 aliphatic rings. The standard InChI is InChI=1S/C21H15NO3/c1-22-17-12-11-16-18(21(17)25-13-7-3-2-4-8-13)20(24)15-10-6-5-9-14(15)19(16)23/h2-12,22H,1H3. The normalized spacial score (nSPS) is 12.4. The Morgan fingerprint density at radius 2 is 1.36 bits per heavy atom. The summed E-state index contributed by atoms with van der Waals surface area (Å²) in [5, 5.41) is 3.04. The lowest BCUT2D eigenvalue weighted by atomic mass is 9.83. The molecule has 0 saturated carbocycles. The second-order valence-electron chi connectivity index (χ2n) is 5.73. The summed E-state index contributed by atoms with van der Waals surface area (Å²) >= 11 is 0. The SMILES string of the molecule is CNc1ccc2c(c1Oc1ccccc1)C(=O)c1ccccc1C2=O. The van der Waals surface area contributed by atoms with Gasteiger partial charge in [-0.2, -0.15) is 0 Å². The van der Waals surface area contributed by atoms with Crippen LogP contribution in [0.4, 0.5) is 5.69 Å². The predicted octanol–water partition coefficient (Wildman–Crippen LogP) is 4.30. The van der Waals surface area contributed by atoms with E-state index in [0.717, 1.165) is 0 Å². The molecule has 3 aromatic rings. The molecule has 0 aliphatic heterocycles. The first-order chi connectivity index (χ1) is 12.2. The molecular weight excluding hydrogens is 314 g/mol. The number of hydrogen-bond donors (Lipinski definition) is 1. The molecule has 0 spiro atoms. The third kappa shape index (κ3) is 2.39. The zero-order chi connectivity index (χ0) is 17.4. The fourth-order valence-electron chi connectivity index (χ4n) is 3.07. The summed E-state index contributed by atoms with van der Waals surface area (Å²) in [4.78, 5) is 25.9. The maximum atomic E-state index is 13.1. The molecule has 0 saturated heterocycles. The van der Waals surface area contributed by atoms with Crippen LogP contribution >= 0.6 is 0 Å². The van der Waals surface area contributed by atoms with Gasteiger partial charge in [0.2, 0.25) is 0 Å². The first-order valence-corrected chi connectivity index (χ1v) is 7.97. The molecule has 1 N–H and O–H groups in total. The van der Waals surface area contributed by atoms with Gasteiger partial charge in [-0.05, 0) is 24.3 Å². The maximum absolute atomic E-state index is 13.1. The Morgan fingerprint density at radius 3 is 2.04 bits per heavy atom. The van der Waals surface area contributed by atoms with Crippen LogP contribution in [0.25, 0.3) is 0 Å². The molecule has 0 amide bonds. The molecule has 4 nitrogen and oxygen atoms in total. The lowest BCUT2D eigenvalue weighted by molar-refractivity contribution is 0.0977. The number of hydrogen-bond acceptors (Lipinski definition) is 4. The van der Waals surface area contributed by atoms with Crippen molar-refractivity contribution in [3.8, 4) is 11.5 Å². The monoisotopic (exact) mass is 329 g/mol. The van der Waals surface area contributed by atoms with E-state index in [4.69, 9.17) is 4.74 Å². The average molecular weight is 329 g/mol. The Labute approximate surface area is 145 Å². The third-order valence-electron chi connectivity index (χ3n) is 4.28. The highest BCUT2D eigenvalue weighted by atomic mass is 16.5. The van der Waals surface area contributed by atoms with Gasteiger partial charge in [-0.15, -0.1) is 0 Å². The second kappa shape index (κ2) is 5.91. The number of para-hydroxylation sites is 1. The third-order valence-corrected chi connectivity index (χ3v) is 4.28. The van der Waals surface area contributed by atoms with Gasteiger partial charge in [-0.1, -0.05) is 42.5 Å². The first-order valence-electron chi connectivity index (χ1n) is 7.97. The molecule has 0 bridgehead atoms. The summed E-state index contributed by atoms with van der Waals surface area (Å²) < 4.78 is 6.00. The van der Waals surface area contributed by atoms with E-state index in [1.807, 2.05) is 30.3 Å². The molecule has 122 valence electrons. The molecule has 1 aliphatic carbocycles. The van der Waals surface area contributed by atoms with Crippen molar-refractivity contribution in [3.63, 3.8) is 0 Å². The predicted molar refractivity (Wildman–Crippen MR) is 95.8 cm³/mol. The molecule has 4 heteroatoms. The Kier molecular flexibility index (Phi) is 3.58. The van der Waals surface area contributed by atoms with Gasteiger partial charge in [-0.3, -0.25) is 9.59 Å². The highest BCUT2D eigenvalue weighted by molar-refractivity contribution is 6.29. The number of fused-ring (bicyclic) bond motifs is 2. The first kappa shape index (κ1) is 15.1. The lowest BCUT2D eigenvalue weighted by Crippen LogP contribution is -2.22. The molecule has 0 heterocycles. The minimum absolute atomic E-state index is 0.161. The Hall–Kier alpha value is -3.40. The van der Waals surface area contributed by atoms with Crippen molar-refractivity contribution >= 4 is 17.3 Å². The quantitative estimate of drug-likeness (QED) is 0.609. The van der Waals surface area contributed by atoms with Crippen LogP contribution in [0.3, 0.4) is 0 Å². The lowest BCUT2D eigenvalue weighted by Gasteiger charge is -2.22. The molecular formula is C21H15NO3. The number of anilines is 1. The van der Waals surface area contributed by atoms with Gasteiger partial charge in [0.05, 0.1) is 11.3 Å². The van der Waals surface area contributed by atoms with Gasteiger partial charge < -0.3 is 10.1 Å². The van der Waals surface area contributed by atoms with Crippen molar-refractivity contribution in [1.29, 1.82) is 0 Å². The van der Waals surface area contributed by atoms with Crippen LogP contribution in [0, 0.1) is 0 Å². The van der Waals surface area contributed by atoms with E-state index in [1.165, 1.54) is 0 Å². The highest BCUT2D eigenvalue weighted by Gasteiger charge is 2.33. The summed E-state index contributed by atoms with van der Waals surface area (Å²) in [6, 6.07) is 19.5. The molecule has 0 radical (unpaired) electrons. The van der Waals surface area contributed by atoms with Gasteiger partial charge in [0, 0.05) is 23.7 Å². The van der Waals surface area contributed by atoms with Gasteiger partial charge in [0.25, 0.3) is 0 Å². The fraction of sp³-hybridized carbons (Fsp3) is 0.0476. The number of nitrogens with one attached hydrogen (secondary N) is 1. The molecule has 0 atom stereocenters. The van der Waals surface area contributed by atoms with Crippen molar-refractivity contribution in [2.75, 3.05) is 12.4 Å². The second-order valence-corrected chi connectivity index (χ2v) is 5.73. The van der Waals surface area contributed by atoms with E-state index in [9.17, 15) is 9.59 Å². The Bertz CT molecular complexity index is 993. The molecule has 0 fully saturated rings. The zero-order valence-electron chi connectivity index (χ0n) is 13.6. The van der Waals surface area contributed by atoms with E-state index in [-0.39, 0.29) is 11.6 Å². The minimum atomic E-state index is -0.201. The zero-order valence-corrected chi connectivity index (χ0v) is 13.6. The van der Waals surface area contributed by atoms with Crippen LogP contribution in [-0.2, 0) is 0 Å². The van der Waals surface area contributed by atoms with Crippen LogP contribution in [0.2, 0.25) is 0 Å². The van der Waals surface area contributed by atoms with E-state index < -0.39 is 0 Å². The Balaban J connectivity index is 1.93. The number of carbonyl (C=O) groups excluding carboxylic acids is 2. The van der Waals surface area contributed by atoms with Crippen molar-refractivity contribution in [3.05, 3.63) is 89.0 Å². The highest BCUT2D eigenvalue weighted by Crippen LogP contribution is 2.40. The van der Waals surface area contributed by atoms with Crippen LogP contribution in [-0.4, -0.2) is 18.6 Å². The molecule has 0 aromatic heterocycles. The summed E-state index contributed by atoms with van der Waals surface area (Å²) in [5.74, 6) is 0.615. The van der Waals surface area contributed by atoms with Crippen molar-refractivity contribution < 1.29 is 14.3 Å². The van der Waals surface area contributed by atoms with E-state index in [2.05, 4.69) is 5.32 Å². The van der Waals surface area contributed by atoms with Crippen LogP contribution in [0.1, 0.15) is 31.8 Å². The topological polar surface area (TPSA) is 55.4 Å². The summed E-state index contributed by atoms with van der Waals surface area (Å²) in [5.41, 5.74) is 2.17. The maximum Gasteiger partial charge on any atom is 0.198 e. The molecule has 25 heavy (non-hydrogen) atoms. The van der Waals surface area contributed by atoms with Crippen LogP contribution in [0.5, 0.6) is 11.5 Å². The van der Waals surface area contributed by atoms with Crippen LogP contribution in [0.15, 0.2) is 66.7 Å². The summed E-state index contributed by atoms with van der Waals surface area (Å²) in [6.07, 6.45) is 0. The molecule has 0 unspecified atom stereocenters. The number of ketones is 2. The number of ether oxygens (including phenoxy) is 1. The Morgan fingerprint density at radius 1 is 0.720 bits per heavy atom. The smallest absolute Gasteiger partial charge is 0.198 e. The van der Waals surface area contributed by atoms with Gasteiger partial charge in [0.15, 0.2) is 17.3 Å². The average Bonchev–Trinajstić information content (AvgIpc) is 2.66. The number of rotatable bonds is 3. The van der Waals surface area contributed by atoms with Gasteiger partial charge in [0.1, 0.15) is 5.75 Å². The van der Waals surface area contributed by atoms with E-state index in [0.29, 0.717) is 39.4 Å². The van der Waals surface area contributed by atoms with Crippen molar-refractivity contribution in [2.45, 2.75) is 0 Å². The van der Waals surface area contributed by atoms with Crippen molar-refractivity contribution in [2.24, 2.45) is 0 Å². The number of carbonyl (C=O) groups is 2. The summed E-state index contributed by atoms with van der Waals surface area (Å²) in [6.45, 7) is 0. The number of benzene rings is 3. The fourth-order valence-corrected chi connectivity index (χ4v) is 3.07. The minimum Gasteiger partial charge on any atom is -0.454 e. The van der Waals surface area contributed by atoms with E-state index in [1.54, 1.807) is 43.4 Å². The van der Waals surface area contributed by atoms with Crippen LogP contribution < -0.4 is 10.1 Å². The molecule has 4 rings (SSSR count). The largest absolute Gasteiger partial charge is 0.454 e. The van der Waals surface area contributed by atoms with Gasteiger partial charge >= 0.3 is 0 Å².